The summed E-state index contributed by atoms with van der Waals surface area (Å²) in [6.07, 6.45) is 0. The summed E-state index contributed by atoms with van der Waals surface area (Å²) in [6, 6.07) is 16.3. The molecule has 8 heteroatoms. The van der Waals surface area contributed by atoms with Crippen molar-refractivity contribution in [1.82, 2.24) is 15.5 Å². The second-order valence-corrected chi connectivity index (χ2v) is 7.14. The number of methoxy groups -OCH3 is 1. The quantitative estimate of drug-likeness (QED) is 0.638. The van der Waals surface area contributed by atoms with Crippen molar-refractivity contribution in [1.29, 1.82) is 0 Å². The molecule has 28 heavy (non-hydrogen) atoms. The Morgan fingerprint density at radius 2 is 1.86 bits per heavy atom. The molecule has 0 aliphatic rings. The van der Waals surface area contributed by atoms with Gasteiger partial charge in [-0.2, -0.15) is 0 Å². The number of hydrogen-bond acceptors (Lipinski definition) is 6. The smallest absolute Gasteiger partial charge is 0.286 e. The minimum absolute atomic E-state index is 0.132. The van der Waals surface area contributed by atoms with E-state index < -0.39 is 0 Å². The van der Waals surface area contributed by atoms with E-state index in [0.717, 1.165) is 16.9 Å². The summed E-state index contributed by atoms with van der Waals surface area (Å²) < 4.78 is 4.98. The molecule has 2 aromatic carbocycles. The summed E-state index contributed by atoms with van der Waals surface area (Å²) in [5.41, 5.74) is 1.98. The van der Waals surface area contributed by atoms with Crippen LogP contribution in [0.1, 0.15) is 43.7 Å². The van der Waals surface area contributed by atoms with Crippen LogP contribution < -0.4 is 10.6 Å². The van der Waals surface area contributed by atoms with Crippen molar-refractivity contribution in [2.24, 2.45) is 0 Å². The molecule has 0 saturated carbocycles. The van der Waals surface area contributed by atoms with Crippen molar-refractivity contribution >= 4 is 28.8 Å². The largest absolute Gasteiger partial charge is 0.377 e. The Hall–Kier alpha value is -3.10. The van der Waals surface area contributed by atoms with Crippen LogP contribution in [-0.4, -0.2) is 29.1 Å². The molecule has 0 aliphatic heterocycles. The number of amides is 2. The molecule has 3 rings (SSSR count). The lowest BCUT2D eigenvalue weighted by Gasteiger charge is -2.14. The lowest BCUT2D eigenvalue weighted by atomic mass is 10.1. The maximum Gasteiger partial charge on any atom is 0.286 e. The maximum atomic E-state index is 12.6. The van der Waals surface area contributed by atoms with E-state index in [-0.39, 0.29) is 22.9 Å². The van der Waals surface area contributed by atoms with Gasteiger partial charge in [-0.15, -0.1) is 10.2 Å². The molecule has 2 N–H and O–H groups in total. The Labute approximate surface area is 166 Å². The number of carbonyl (C=O) groups is 2. The molecule has 0 unspecified atom stereocenters. The van der Waals surface area contributed by atoms with Crippen LogP contribution in [0.25, 0.3) is 0 Å². The summed E-state index contributed by atoms with van der Waals surface area (Å²) in [5, 5.41) is 14.3. The van der Waals surface area contributed by atoms with Gasteiger partial charge in [0, 0.05) is 18.4 Å². The lowest BCUT2D eigenvalue weighted by Crippen LogP contribution is -2.26. The molecule has 2 amide bonds. The predicted molar refractivity (Wildman–Crippen MR) is 107 cm³/mol. The molecule has 0 radical (unpaired) electrons. The van der Waals surface area contributed by atoms with Gasteiger partial charge >= 0.3 is 0 Å². The van der Waals surface area contributed by atoms with Gasteiger partial charge in [0.1, 0.15) is 5.01 Å². The van der Waals surface area contributed by atoms with Crippen LogP contribution in [0.2, 0.25) is 0 Å². The minimum atomic E-state index is -0.380. The molecule has 1 atom stereocenters. The van der Waals surface area contributed by atoms with Crippen LogP contribution in [0.3, 0.4) is 0 Å². The second-order valence-electron chi connectivity index (χ2n) is 6.07. The zero-order valence-corrected chi connectivity index (χ0v) is 16.3. The lowest BCUT2D eigenvalue weighted by molar-refractivity contribution is 0.0938. The number of nitrogens with one attached hydrogen (secondary N) is 2. The molecule has 144 valence electrons. The highest BCUT2D eigenvalue weighted by molar-refractivity contribution is 7.13. The molecular weight excluding hydrogens is 376 g/mol. The number of carbonyl (C=O) groups excluding carboxylic acids is 2. The first kappa shape index (κ1) is 19.7. The first-order chi connectivity index (χ1) is 13.6. The van der Waals surface area contributed by atoms with E-state index in [4.69, 9.17) is 4.74 Å². The molecule has 1 aromatic heterocycles. The van der Waals surface area contributed by atoms with Crippen LogP contribution >= 0.6 is 11.3 Å². The number of anilines is 1. The van der Waals surface area contributed by atoms with Crippen molar-refractivity contribution in [2.45, 2.75) is 19.6 Å². The minimum Gasteiger partial charge on any atom is -0.377 e. The third kappa shape index (κ3) is 4.99. The fraction of sp³-hybridized carbons (Fsp3) is 0.200. The van der Waals surface area contributed by atoms with Gasteiger partial charge < -0.3 is 15.4 Å². The van der Waals surface area contributed by atoms with Crippen molar-refractivity contribution in [2.75, 3.05) is 12.4 Å². The zero-order valence-electron chi connectivity index (χ0n) is 15.5. The normalized spacial score (nSPS) is 11.6. The molecule has 0 spiro atoms. The summed E-state index contributed by atoms with van der Waals surface area (Å²) in [5.74, 6) is -0.596. The van der Waals surface area contributed by atoms with E-state index in [1.165, 1.54) is 0 Å². The SMILES string of the molecule is COCc1nnc(C(=O)Nc2cccc(C(=O)N[C@H](C)c3ccccc3)c2)s1. The Kier molecular flexibility index (Phi) is 6.46. The van der Waals surface area contributed by atoms with Crippen molar-refractivity contribution < 1.29 is 14.3 Å². The van der Waals surface area contributed by atoms with Crippen LogP contribution in [0.4, 0.5) is 5.69 Å². The van der Waals surface area contributed by atoms with Gasteiger partial charge in [0.15, 0.2) is 0 Å². The summed E-state index contributed by atoms with van der Waals surface area (Å²) in [7, 11) is 1.55. The Morgan fingerprint density at radius 3 is 2.61 bits per heavy atom. The monoisotopic (exact) mass is 396 g/mol. The summed E-state index contributed by atoms with van der Waals surface area (Å²) in [4.78, 5) is 24.9. The summed E-state index contributed by atoms with van der Waals surface area (Å²) >= 11 is 1.16. The molecule has 0 bridgehead atoms. The number of benzene rings is 2. The Balaban J connectivity index is 1.65. The van der Waals surface area contributed by atoms with E-state index in [0.29, 0.717) is 22.9 Å². The second kappa shape index (κ2) is 9.20. The van der Waals surface area contributed by atoms with Crippen molar-refractivity contribution in [3.05, 3.63) is 75.7 Å². The van der Waals surface area contributed by atoms with Crippen LogP contribution in [0.5, 0.6) is 0 Å². The highest BCUT2D eigenvalue weighted by Crippen LogP contribution is 2.17. The van der Waals surface area contributed by atoms with Crippen molar-refractivity contribution in [3.63, 3.8) is 0 Å². The predicted octanol–water partition coefficient (Wildman–Crippen LogP) is 3.43. The molecule has 0 aliphatic carbocycles. The van der Waals surface area contributed by atoms with Gasteiger partial charge in [0.25, 0.3) is 11.8 Å². The molecule has 3 aromatic rings. The van der Waals surface area contributed by atoms with E-state index in [1.807, 2.05) is 37.3 Å². The Bertz CT molecular complexity index is 959. The van der Waals surface area contributed by atoms with Gasteiger partial charge in [0.2, 0.25) is 5.01 Å². The zero-order chi connectivity index (χ0) is 19.9. The van der Waals surface area contributed by atoms with Gasteiger partial charge in [0.05, 0.1) is 12.6 Å². The van der Waals surface area contributed by atoms with E-state index in [2.05, 4.69) is 20.8 Å². The molecule has 0 saturated heterocycles. The first-order valence-electron chi connectivity index (χ1n) is 8.65. The number of ether oxygens (including phenoxy) is 1. The van der Waals surface area contributed by atoms with Gasteiger partial charge in [-0.1, -0.05) is 47.7 Å². The number of nitrogens with zero attached hydrogens (tertiary/aromatic N) is 2. The van der Waals surface area contributed by atoms with Crippen LogP contribution in [0.15, 0.2) is 54.6 Å². The standard InChI is InChI=1S/C20H20N4O3S/c1-13(14-7-4-3-5-8-14)21-18(25)15-9-6-10-16(11-15)22-19(26)20-24-23-17(28-20)12-27-2/h3-11,13H,12H2,1-2H3,(H,21,25)(H,22,26)/t13-/m1/s1. The van der Waals surface area contributed by atoms with Crippen LogP contribution in [0, 0.1) is 0 Å². The number of hydrogen-bond donors (Lipinski definition) is 2. The molecule has 1 heterocycles. The number of aromatic nitrogens is 2. The maximum absolute atomic E-state index is 12.6. The third-order valence-corrected chi connectivity index (χ3v) is 4.85. The third-order valence-electron chi connectivity index (χ3n) is 3.96. The van der Waals surface area contributed by atoms with Gasteiger partial charge in [-0.25, -0.2) is 0 Å². The molecular formula is C20H20N4O3S. The highest BCUT2D eigenvalue weighted by Gasteiger charge is 2.15. The fourth-order valence-corrected chi connectivity index (χ4v) is 3.26. The fourth-order valence-electron chi connectivity index (χ4n) is 2.55. The first-order valence-corrected chi connectivity index (χ1v) is 9.47. The molecule has 7 nitrogen and oxygen atoms in total. The van der Waals surface area contributed by atoms with Crippen molar-refractivity contribution in [3.8, 4) is 0 Å². The highest BCUT2D eigenvalue weighted by atomic mass is 32.1. The average Bonchev–Trinajstić information content (AvgIpc) is 3.18. The van der Waals surface area contributed by atoms with E-state index in [1.54, 1.807) is 31.4 Å². The van der Waals surface area contributed by atoms with E-state index in [9.17, 15) is 9.59 Å². The average molecular weight is 396 g/mol. The summed E-state index contributed by atoms with van der Waals surface area (Å²) in [6.45, 7) is 2.23. The van der Waals surface area contributed by atoms with Crippen LogP contribution in [-0.2, 0) is 11.3 Å². The number of rotatable bonds is 7. The molecule has 0 fully saturated rings. The topological polar surface area (TPSA) is 93.2 Å². The van der Waals surface area contributed by atoms with Gasteiger partial charge in [-0.3, -0.25) is 9.59 Å². The Morgan fingerprint density at radius 1 is 1.07 bits per heavy atom. The van der Waals surface area contributed by atoms with Gasteiger partial charge in [-0.05, 0) is 30.7 Å². The van der Waals surface area contributed by atoms with E-state index >= 15 is 0 Å².